The van der Waals surface area contributed by atoms with Crippen LogP contribution in [0.4, 0.5) is 4.39 Å². The van der Waals surface area contributed by atoms with Crippen LogP contribution in [0.1, 0.15) is 23.0 Å². The Labute approximate surface area is 101 Å². The molecule has 1 atom stereocenters. The topological polar surface area (TPSA) is 30.7 Å². The lowest BCUT2D eigenvalue weighted by molar-refractivity contribution is 0.577. The van der Waals surface area contributed by atoms with Crippen LogP contribution in [0, 0.1) is 5.82 Å². The Hall–Kier alpha value is -1.23. The molecule has 84 valence electrons. The van der Waals surface area contributed by atoms with Gasteiger partial charge in [-0.1, -0.05) is 39.3 Å². The van der Waals surface area contributed by atoms with Crippen LogP contribution in [0.5, 0.6) is 0 Å². The molecule has 1 aromatic carbocycles. The molecular formula is C11H11BrFN3. The average Bonchev–Trinajstić information content (AvgIpc) is 2.70. The van der Waals surface area contributed by atoms with E-state index in [4.69, 9.17) is 0 Å². The molecule has 5 heteroatoms. The van der Waals surface area contributed by atoms with Gasteiger partial charge in [0, 0.05) is 11.8 Å². The summed E-state index contributed by atoms with van der Waals surface area (Å²) in [6, 6.07) is 6.67. The summed E-state index contributed by atoms with van der Waals surface area (Å²) in [7, 11) is 0. The monoisotopic (exact) mass is 283 g/mol. The second-order valence-corrected chi connectivity index (χ2v) is 4.92. The molecule has 0 N–H and O–H groups in total. The maximum Gasteiger partial charge on any atom is 0.128 e. The SMILES string of the molecule is CC(Br)c1cn(Cc2ccccc2F)nn1. The fourth-order valence-electron chi connectivity index (χ4n) is 1.37. The van der Waals surface area contributed by atoms with Crippen LogP contribution in [0.25, 0.3) is 0 Å². The summed E-state index contributed by atoms with van der Waals surface area (Å²) in [4.78, 5) is 0.155. The third-order valence-electron chi connectivity index (χ3n) is 2.25. The molecular weight excluding hydrogens is 273 g/mol. The molecule has 16 heavy (non-hydrogen) atoms. The molecule has 0 amide bonds. The quantitative estimate of drug-likeness (QED) is 0.811. The van der Waals surface area contributed by atoms with E-state index in [1.54, 1.807) is 16.8 Å². The molecule has 1 heterocycles. The third-order valence-corrected chi connectivity index (χ3v) is 2.72. The summed E-state index contributed by atoms with van der Waals surface area (Å²) in [5.74, 6) is -0.216. The van der Waals surface area contributed by atoms with Gasteiger partial charge in [0.05, 0.1) is 17.1 Å². The molecule has 0 bridgehead atoms. The third kappa shape index (κ3) is 2.47. The molecule has 0 saturated carbocycles. The molecule has 3 nitrogen and oxygen atoms in total. The van der Waals surface area contributed by atoms with Gasteiger partial charge in [0.2, 0.25) is 0 Å². The Morgan fingerprint density at radius 1 is 1.44 bits per heavy atom. The van der Waals surface area contributed by atoms with Crippen molar-refractivity contribution in [1.82, 2.24) is 15.0 Å². The minimum Gasteiger partial charge on any atom is -0.248 e. The molecule has 0 radical (unpaired) electrons. The first-order chi connectivity index (χ1) is 7.66. The van der Waals surface area contributed by atoms with Gasteiger partial charge < -0.3 is 0 Å². The summed E-state index contributed by atoms with van der Waals surface area (Å²) >= 11 is 3.41. The van der Waals surface area contributed by atoms with Crippen LogP contribution in [0.3, 0.4) is 0 Å². The number of nitrogens with zero attached hydrogens (tertiary/aromatic N) is 3. The van der Waals surface area contributed by atoms with E-state index < -0.39 is 0 Å². The van der Waals surface area contributed by atoms with Gasteiger partial charge in [-0.05, 0) is 13.0 Å². The van der Waals surface area contributed by atoms with E-state index in [0.29, 0.717) is 12.1 Å². The van der Waals surface area contributed by atoms with E-state index >= 15 is 0 Å². The van der Waals surface area contributed by atoms with Crippen molar-refractivity contribution in [2.75, 3.05) is 0 Å². The Morgan fingerprint density at radius 2 is 2.19 bits per heavy atom. The van der Waals surface area contributed by atoms with Gasteiger partial charge in [-0.2, -0.15) is 0 Å². The fourth-order valence-corrected chi connectivity index (χ4v) is 1.58. The lowest BCUT2D eigenvalue weighted by Gasteiger charge is -2.01. The molecule has 0 aliphatic heterocycles. The zero-order valence-electron chi connectivity index (χ0n) is 8.77. The van der Waals surface area contributed by atoms with E-state index in [9.17, 15) is 4.39 Å². The number of benzene rings is 1. The van der Waals surface area contributed by atoms with E-state index in [2.05, 4.69) is 26.2 Å². The van der Waals surface area contributed by atoms with Gasteiger partial charge in [0.1, 0.15) is 5.82 Å². The molecule has 0 saturated heterocycles. The molecule has 1 unspecified atom stereocenters. The summed E-state index contributed by atoms with van der Waals surface area (Å²) in [5, 5.41) is 7.93. The second-order valence-electron chi connectivity index (χ2n) is 3.55. The number of aromatic nitrogens is 3. The van der Waals surface area contributed by atoms with Crippen LogP contribution in [-0.4, -0.2) is 15.0 Å². The van der Waals surface area contributed by atoms with Gasteiger partial charge in [-0.15, -0.1) is 5.10 Å². The van der Waals surface area contributed by atoms with Crippen LogP contribution in [0.15, 0.2) is 30.5 Å². The van der Waals surface area contributed by atoms with E-state index in [-0.39, 0.29) is 10.6 Å². The van der Waals surface area contributed by atoms with Crippen LogP contribution in [0.2, 0.25) is 0 Å². The predicted octanol–water partition coefficient (Wildman–Crippen LogP) is 2.92. The Bertz CT molecular complexity index is 482. The maximum atomic E-state index is 13.4. The number of halogens is 2. The second kappa shape index (κ2) is 4.74. The van der Waals surface area contributed by atoms with Crippen molar-refractivity contribution in [2.24, 2.45) is 0 Å². The highest BCUT2D eigenvalue weighted by Crippen LogP contribution is 2.18. The molecule has 0 fully saturated rings. The highest BCUT2D eigenvalue weighted by Gasteiger charge is 2.07. The highest BCUT2D eigenvalue weighted by atomic mass is 79.9. The Morgan fingerprint density at radius 3 is 2.81 bits per heavy atom. The minimum atomic E-state index is -0.216. The zero-order chi connectivity index (χ0) is 11.5. The lowest BCUT2D eigenvalue weighted by Crippen LogP contribution is -2.02. The summed E-state index contributed by atoms with van der Waals surface area (Å²) in [5.41, 5.74) is 1.46. The first kappa shape index (κ1) is 11.3. The molecule has 2 rings (SSSR count). The fraction of sp³-hybridized carbons (Fsp3) is 0.273. The Kier molecular flexibility index (Phi) is 3.33. The molecule has 2 aromatic rings. The standard InChI is InChI=1S/C11H11BrFN3/c1-8(12)11-7-16(15-14-11)6-9-4-2-3-5-10(9)13/h2-5,7-8H,6H2,1H3. The van der Waals surface area contributed by atoms with Crippen LogP contribution < -0.4 is 0 Å². The highest BCUT2D eigenvalue weighted by molar-refractivity contribution is 9.09. The first-order valence-corrected chi connectivity index (χ1v) is 5.86. The van der Waals surface area contributed by atoms with Gasteiger partial charge in [0.15, 0.2) is 0 Å². The van der Waals surface area contributed by atoms with Crippen molar-refractivity contribution in [1.29, 1.82) is 0 Å². The zero-order valence-corrected chi connectivity index (χ0v) is 10.4. The lowest BCUT2D eigenvalue weighted by atomic mass is 10.2. The summed E-state index contributed by atoms with van der Waals surface area (Å²) in [6.45, 7) is 2.37. The number of rotatable bonds is 3. The first-order valence-electron chi connectivity index (χ1n) is 4.94. The largest absolute Gasteiger partial charge is 0.248 e. The predicted molar refractivity (Wildman–Crippen MR) is 62.9 cm³/mol. The van der Waals surface area contributed by atoms with Gasteiger partial charge in [0.25, 0.3) is 0 Å². The summed E-state index contributed by atoms with van der Waals surface area (Å²) in [6.07, 6.45) is 1.81. The smallest absolute Gasteiger partial charge is 0.128 e. The van der Waals surface area contributed by atoms with Gasteiger partial charge in [-0.3, -0.25) is 0 Å². The van der Waals surface area contributed by atoms with E-state index in [1.807, 2.05) is 19.2 Å². The van der Waals surface area contributed by atoms with Crippen molar-refractivity contribution < 1.29 is 4.39 Å². The number of alkyl halides is 1. The van der Waals surface area contributed by atoms with Gasteiger partial charge in [-0.25, -0.2) is 9.07 Å². The molecule has 0 aliphatic carbocycles. The van der Waals surface area contributed by atoms with E-state index in [0.717, 1.165) is 5.69 Å². The van der Waals surface area contributed by atoms with Gasteiger partial charge >= 0.3 is 0 Å². The number of hydrogen-bond donors (Lipinski definition) is 0. The van der Waals surface area contributed by atoms with Crippen molar-refractivity contribution in [2.45, 2.75) is 18.3 Å². The normalized spacial score (nSPS) is 12.7. The number of hydrogen-bond acceptors (Lipinski definition) is 2. The van der Waals surface area contributed by atoms with Crippen molar-refractivity contribution in [3.05, 3.63) is 47.5 Å². The Balaban J connectivity index is 2.18. The van der Waals surface area contributed by atoms with Crippen molar-refractivity contribution in [3.63, 3.8) is 0 Å². The molecule has 0 aliphatic rings. The maximum absolute atomic E-state index is 13.4. The summed E-state index contributed by atoms with van der Waals surface area (Å²) < 4.78 is 15.0. The van der Waals surface area contributed by atoms with Crippen LogP contribution >= 0.6 is 15.9 Å². The van der Waals surface area contributed by atoms with E-state index in [1.165, 1.54) is 6.07 Å². The van der Waals surface area contributed by atoms with Crippen LogP contribution in [-0.2, 0) is 6.54 Å². The molecule has 1 aromatic heterocycles. The average molecular weight is 284 g/mol. The van der Waals surface area contributed by atoms with Crippen molar-refractivity contribution >= 4 is 15.9 Å². The van der Waals surface area contributed by atoms with Crippen molar-refractivity contribution in [3.8, 4) is 0 Å². The molecule has 0 spiro atoms. The minimum absolute atomic E-state index is 0.155.